The maximum Gasteiger partial charge on any atom is 0.290 e. The Kier molecular flexibility index (Phi) is 5.93. The SMILES string of the molecule is CN(C)CCCN1C(=O)C(O)=C(C(=O)C=Cc2ccco2)C1c1cccs1. The average Bonchev–Trinajstić information content (AvgIpc) is 3.37. The first-order valence-electron chi connectivity index (χ1n) is 8.67. The lowest BCUT2D eigenvalue weighted by Gasteiger charge is -2.26. The highest BCUT2D eigenvalue weighted by Gasteiger charge is 2.43. The van der Waals surface area contributed by atoms with Gasteiger partial charge >= 0.3 is 0 Å². The monoisotopic (exact) mass is 386 g/mol. The summed E-state index contributed by atoms with van der Waals surface area (Å²) < 4.78 is 5.19. The molecule has 3 heterocycles. The minimum absolute atomic E-state index is 0.120. The van der Waals surface area contributed by atoms with Gasteiger partial charge in [0.15, 0.2) is 11.5 Å². The summed E-state index contributed by atoms with van der Waals surface area (Å²) in [5.74, 6) is -0.830. The first-order chi connectivity index (χ1) is 13.0. The van der Waals surface area contributed by atoms with Crippen molar-refractivity contribution in [1.29, 1.82) is 0 Å². The van der Waals surface area contributed by atoms with Gasteiger partial charge in [-0.05, 0) is 62.8 Å². The topological polar surface area (TPSA) is 74.0 Å². The number of thiophene rings is 1. The fourth-order valence-corrected chi connectivity index (χ4v) is 3.91. The van der Waals surface area contributed by atoms with Gasteiger partial charge in [0, 0.05) is 11.4 Å². The van der Waals surface area contributed by atoms with Crippen LogP contribution >= 0.6 is 11.3 Å². The van der Waals surface area contributed by atoms with Crippen LogP contribution < -0.4 is 0 Å². The van der Waals surface area contributed by atoms with E-state index in [1.54, 1.807) is 17.0 Å². The number of nitrogens with zero attached hydrogens (tertiary/aromatic N) is 2. The van der Waals surface area contributed by atoms with Gasteiger partial charge in [0.05, 0.1) is 17.9 Å². The lowest BCUT2D eigenvalue weighted by atomic mass is 10.0. The van der Waals surface area contributed by atoms with Gasteiger partial charge in [0.25, 0.3) is 5.91 Å². The molecular formula is C20H22N2O4S. The van der Waals surface area contributed by atoms with Crippen LogP contribution in [-0.2, 0) is 9.59 Å². The number of ketones is 1. The third-order valence-electron chi connectivity index (χ3n) is 4.33. The molecule has 1 unspecified atom stereocenters. The van der Waals surface area contributed by atoms with Crippen molar-refractivity contribution in [1.82, 2.24) is 9.80 Å². The van der Waals surface area contributed by atoms with Crippen molar-refractivity contribution < 1.29 is 19.1 Å². The summed E-state index contributed by atoms with van der Waals surface area (Å²) in [5, 5.41) is 12.3. The summed E-state index contributed by atoms with van der Waals surface area (Å²) in [5.41, 5.74) is 0.120. The van der Waals surface area contributed by atoms with Crippen molar-refractivity contribution >= 4 is 29.1 Å². The average molecular weight is 386 g/mol. The second-order valence-corrected chi connectivity index (χ2v) is 7.53. The third-order valence-corrected chi connectivity index (χ3v) is 5.25. The lowest BCUT2D eigenvalue weighted by molar-refractivity contribution is -0.129. The number of allylic oxidation sites excluding steroid dienone is 1. The van der Waals surface area contributed by atoms with Gasteiger partial charge in [-0.15, -0.1) is 11.3 Å². The molecule has 0 aromatic carbocycles. The number of carbonyl (C=O) groups is 2. The maximum atomic E-state index is 12.8. The van der Waals surface area contributed by atoms with Crippen LogP contribution in [0.25, 0.3) is 6.08 Å². The quantitative estimate of drug-likeness (QED) is 0.705. The standard InChI is InChI=1S/C20H22N2O4S/c1-21(2)10-5-11-22-18(16-7-4-13-27-16)17(19(24)20(22)25)15(23)9-8-14-6-3-12-26-14/h3-4,6-9,12-13,18,24H,5,10-11H2,1-2H3. The number of carbonyl (C=O) groups excluding carboxylic acids is 2. The molecule has 3 rings (SSSR count). The van der Waals surface area contributed by atoms with Gasteiger partial charge in [0.1, 0.15) is 5.76 Å². The first kappa shape index (κ1) is 19.1. The molecule has 6 nitrogen and oxygen atoms in total. The zero-order valence-corrected chi connectivity index (χ0v) is 16.1. The molecule has 1 amide bonds. The summed E-state index contributed by atoms with van der Waals surface area (Å²) in [6.07, 6.45) is 5.13. The Hall–Kier alpha value is -2.64. The van der Waals surface area contributed by atoms with Gasteiger partial charge in [-0.1, -0.05) is 6.07 Å². The predicted molar refractivity (Wildman–Crippen MR) is 104 cm³/mol. The number of aliphatic hydroxyl groups excluding tert-OH is 1. The summed E-state index contributed by atoms with van der Waals surface area (Å²) in [7, 11) is 3.93. The van der Waals surface area contributed by atoms with Gasteiger partial charge in [-0.3, -0.25) is 9.59 Å². The van der Waals surface area contributed by atoms with E-state index in [0.717, 1.165) is 17.8 Å². The molecule has 1 atom stereocenters. The molecule has 1 aliphatic heterocycles. The summed E-state index contributed by atoms with van der Waals surface area (Å²) in [4.78, 5) is 29.9. The number of amides is 1. The molecule has 0 spiro atoms. The summed E-state index contributed by atoms with van der Waals surface area (Å²) >= 11 is 1.46. The Bertz CT molecular complexity index is 851. The Morgan fingerprint density at radius 2 is 2.19 bits per heavy atom. The van der Waals surface area contributed by atoms with Gasteiger partial charge < -0.3 is 19.3 Å². The van der Waals surface area contributed by atoms with Crippen LogP contribution in [-0.4, -0.2) is 53.8 Å². The lowest BCUT2D eigenvalue weighted by Crippen LogP contribution is -2.33. The van der Waals surface area contributed by atoms with E-state index in [-0.39, 0.29) is 5.57 Å². The Balaban J connectivity index is 1.87. The van der Waals surface area contributed by atoms with E-state index in [9.17, 15) is 14.7 Å². The second kappa shape index (κ2) is 8.37. The fourth-order valence-electron chi connectivity index (χ4n) is 3.07. The summed E-state index contributed by atoms with van der Waals surface area (Å²) in [6.45, 7) is 1.27. The molecular weight excluding hydrogens is 364 g/mol. The van der Waals surface area contributed by atoms with E-state index in [0.29, 0.717) is 12.3 Å². The van der Waals surface area contributed by atoms with E-state index in [1.165, 1.54) is 29.8 Å². The molecule has 7 heteroatoms. The van der Waals surface area contributed by atoms with Crippen molar-refractivity contribution in [2.45, 2.75) is 12.5 Å². The number of furan rings is 1. The van der Waals surface area contributed by atoms with E-state index >= 15 is 0 Å². The Morgan fingerprint density at radius 3 is 2.81 bits per heavy atom. The molecule has 0 bridgehead atoms. The molecule has 1 N–H and O–H groups in total. The highest BCUT2D eigenvalue weighted by molar-refractivity contribution is 7.10. The molecule has 142 valence electrons. The van der Waals surface area contributed by atoms with Crippen LogP contribution in [0.2, 0.25) is 0 Å². The van der Waals surface area contributed by atoms with E-state index in [2.05, 4.69) is 0 Å². The van der Waals surface area contributed by atoms with Crippen molar-refractivity contribution in [2.75, 3.05) is 27.2 Å². The van der Waals surface area contributed by atoms with Crippen LogP contribution in [0.3, 0.4) is 0 Å². The van der Waals surface area contributed by atoms with Crippen molar-refractivity contribution in [2.24, 2.45) is 0 Å². The minimum atomic E-state index is -0.562. The molecule has 27 heavy (non-hydrogen) atoms. The normalized spacial score (nSPS) is 17.7. The minimum Gasteiger partial charge on any atom is -0.503 e. The number of hydrogen-bond acceptors (Lipinski definition) is 6. The molecule has 0 saturated heterocycles. The Morgan fingerprint density at radius 1 is 1.37 bits per heavy atom. The van der Waals surface area contributed by atoms with Crippen LogP contribution in [0.4, 0.5) is 0 Å². The largest absolute Gasteiger partial charge is 0.503 e. The molecule has 0 fully saturated rings. The van der Waals surface area contributed by atoms with Gasteiger partial charge in [-0.25, -0.2) is 0 Å². The highest BCUT2D eigenvalue weighted by Crippen LogP contribution is 2.39. The van der Waals surface area contributed by atoms with Crippen LogP contribution in [0, 0.1) is 0 Å². The zero-order chi connectivity index (χ0) is 19.4. The fraction of sp³-hybridized carbons (Fsp3) is 0.300. The zero-order valence-electron chi connectivity index (χ0n) is 15.3. The summed E-state index contributed by atoms with van der Waals surface area (Å²) in [6, 6.07) is 6.64. The number of hydrogen-bond donors (Lipinski definition) is 1. The first-order valence-corrected chi connectivity index (χ1v) is 9.55. The molecule has 1 aliphatic rings. The van der Waals surface area contributed by atoms with Crippen molar-refractivity contribution in [3.05, 3.63) is 64.0 Å². The van der Waals surface area contributed by atoms with Crippen molar-refractivity contribution in [3.63, 3.8) is 0 Å². The predicted octanol–water partition coefficient (Wildman–Crippen LogP) is 3.27. The van der Waals surface area contributed by atoms with Crippen LogP contribution in [0.15, 0.2) is 57.7 Å². The molecule has 2 aromatic rings. The molecule has 2 aromatic heterocycles. The van der Waals surface area contributed by atoms with Crippen LogP contribution in [0.1, 0.15) is 23.1 Å². The van der Waals surface area contributed by atoms with Crippen molar-refractivity contribution in [3.8, 4) is 0 Å². The van der Waals surface area contributed by atoms with Gasteiger partial charge in [0.2, 0.25) is 0 Å². The maximum absolute atomic E-state index is 12.8. The molecule has 0 aliphatic carbocycles. The third kappa shape index (κ3) is 4.20. The van der Waals surface area contributed by atoms with E-state index in [1.807, 2.05) is 36.5 Å². The smallest absolute Gasteiger partial charge is 0.290 e. The Labute approximate surface area is 162 Å². The number of aliphatic hydroxyl groups is 1. The van der Waals surface area contributed by atoms with E-state index < -0.39 is 23.5 Å². The second-order valence-electron chi connectivity index (χ2n) is 6.55. The van der Waals surface area contributed by atoms with Crippen LogP contribution in [0.5, 0.6) is 0 Å². The van der Waals surface area contributed by atoms with E-state index in [4.69, 9.17) is 4.42 Å². The van der Waals surface area contributed by atoms with Gasteiger partial charge in [-0.2, -0.15) is 0 Å². The molecule has 0 radical (unpaired) electrons. The number of rotatable bonds is 8. The highest BCUT2D eigenvalue weighted by atomic mass is 32.1. The molecule has 0 saturated carbocycles.